The van der Waals surface area contributed by atoms with Gasteiger partial charge in [-0.05, 0) is 42.6 Å². The van der Waals surface area contributed by atoms with E-state index >= 15 is 0 Å². The lowest BCUT2D eigenvalue weighted by molar-refractivity contribution is -0.118. The van der Waals surface area contributed by atoms with Crippen LogP contribution in [0.4, 0.5) is 0 Å². The Kier molecular flexibility index (Phi) is 5.89. The first kappa shape index (κ1) is 19.3. The van der Waals surface area contributed by atoms with Gasteiger partial charge in [-0.3, -0.25) is 9.69 Å². The fourth-order valence-corrected chi connectivity index (χ4v) is 4.32. The van der Waals surface area contributed by atoms with Crippen LogP contribution in [0.2, 0.25) is 0 Å². The number of ether oxygens (including phenoxy) is 1. The maximum Gasteiger partial charge on any atom is 0.217 e. The third-order valence-corrected chi connectivity index (χ3v) is 5.98. The number of amides is 1. The summed E-state index contributed by atoms with van der Waals surface area (Å²) in [5, 5.41) is 4.74. The van der Waals surface area contributed by atoms with Crippen LogP contribution >= 0.6 is 12.2 Å². The van der Waals surface area contributed by atoms with Crippen LogP contribution in [-0.4, -0.2) is 44.4 Å². The van der Waals surface area contributed by atoms with E-state index in [1.54, 1.807) is 0 Å². The Morgan fingerprint density at radius 2 is 2.14 bits per heavy atom. The average molecular weight is 402 g/mol. The van der Waals surface area contributed by atoms with Gasteiger partial charge in [-0.15, -0.1) is 0 Å². The van der Waals surface area contributed by atoms with Crippen LogP contribution in [0.15, 0.2) is 24.3 Å². The van der Waals surface area contributed by atoms with Gasteiger partial charge >= 0.3 is 0 Å². The highest BCUT2D eigenvalue weighted by Gasteiger charge is 2.22. The average Bonchev–Trinajstić information content (AvgIpc) is 3.30. The molecule has 2 aliphatic heterocycles. The highest BCUT2D eigenvalue weighted by Crippen LogP contribution is 2.20. The minimum atomic E-state index is -0.322. The molecule has 1 aromatic carbocycles. The number of aromatic nitrogens is 3. The van der Waals surface area contributed by atoms with E-state index in [-0.39, 0.29) is 18.4 Å². The number of aryl methyl sites for hydroxylation is 1. The number of hydrogen-bond donors (Lipinski definition) is 1. The van der Waals surface area contributed by atoms with Crippen LogP contribution in [0.1, 0.15) is 36.2 Å². The highest BCUT2D eigenvalue weighted by molar-refractivity contribution is 7.71. The lowest BCUT2D eigenvalue weighted by atomic mass is 10.0. The molecule has 8 heteroatoms. The summed E-state index contributed by atoms with van der Waals surface area (Å²) in [5.41, 5.74) is 8.14. The number of benzene rings is 1. The Bertz CT molecular complexity index is 900. The molecular weight excluding hydrogens is 374 g/mol. The molecular formula is C20H27N5O2S. The van der Waals surface area contributed by atoms with Gasteiger partial charge in [0.1, 0.15) is 5.82 Å². The largest absolute Gasteiger partial charge is 0.376 e. The second-order valence-electron chi connectivity index (χ2n) is 7.62. The van der Waals surface area contributed by atoms with E-state index in [0.717, 1.165) is 44.8 Å². The molecule has 2 aliphatic rings. The zero-order chi connectivity index (χ0) is 19.5. The molecule has 3 heterocycles. The second kappa shape index (κ2) is 8.55. The standard InChI is InChI=1S/C20H27N5O2S/c21-18(26)7-8-19-22-25(20(28)24(19)13-17-6-3-11-27-17)14-23-10-9-15-4-1-2-5-16(15)12-23/h1-2,4-5,17H,3,6-14H2,(H2,21,26)/t17-/m0/s1. The number of hydrogen-bond acceptors (Lipinski definition) is 5. The quantitative estimate of drug-likeness (QED) is 0.718. The number of carbonyl (C=O) groups is 1. The summed E-state index contributed by atoms with van der Waals surface area (Å²) < 4.78 is 10.4. The van der Waals surface area contributed by atoms with Crippen molar-refractivity contribution in [3.63, 3.8) is 0 Å². The molecule has 150 valence electrons. The van der Waals surface area contributed by atoms with E-state index in [2.05, 4.69) is 29.2 Å². The highest BCUT2D eigenvalue weighted by atomic mass is 32.1. The number of fused-ring (bicyclic) bond motifs is 1. The van der Waals surface area contributed by atoms with Crippen molar-refractivity contribution in [2.45, 2.75) is 58.0 Å². The summed E-state index contributed by atoms with van der Waals surface area (Å²) in [6.45, 7) is 4.02. The summed E-state index contributed by atoms with van der Waals surface area (Å²) in [6.07, 6.45) is 4.09. The molecule has 0 spiro atoms. The first-order valence-corrected chi connectivity index (χ1v) is 10.4. The Balaban J connectivity index is 1.53. The van der Waals surface area contributed by atoms with Crippen molar-refractivity contribution in [3.8, 4) is 0 Å². The molecule has 0 unspecified atom stereocenters. The molecule has 1 amide bonds. The van der Waals surface area contributed by atoms with Crippen molar-refractivity contribution in [2.24, 2.45) is 5.73 Å². The van der Waals surface area contributed by atoms with Gasteiger partial charge < -0.3 is 15.0 Å². The Labute approximate surface area is 170 Å². The predicted octanol–water partition coefficient (Wildman–Crippen LogP) is 2.03. The Morgan fingerprint density at radius 3 is 2.89 bits per heavy atom. The molecule has 1 saturated heterocycles. The zero-order valence-corrected chi connectivity index (χ0v) is 16.9. The fraction of sp³-hybridized carbons (Fsp3) is 0.550. The molecule has 0 aliphatic carbocycles. The molecule has 0 bridgehead atoms. The minimum Gasteiger partial charge on any atom is -0.376 e. The van der Waals surface area contributed by atoms with Gasteiger partial charge in [0.2, 0.25) is 5.91 Å². The third kappa shape index (κ3) is 4.34. The Hall–Kier alpha value is -2.03. The molecule has 1 aromatic heterocycles. The van der Waals surface area contributed by atoms with E-state index in [0.29, 0.717) is 24.4 Å². The normalized spacial score (nSPS) is 19.6. The van der Waals surface area contributed by atoms with E-state index in [1.165, 1.54) is 11.1 Å². The van der Waals surface area contributed by atoms with Crippen molar-refractivity contribution in [1.29, 1.82) is 0 Å². The lowest BCUT2D eigenvalue weighted by Gasteiger charge is -2.28. The lowest BCUT2D eigenvalue weighted by Crippen LogP contribution is -2.32. The van der Waals surface area contributed by atoms with Crippen LogP contribution in [0.3, 0.4) is 0 Å². The van der Waals surface area contributed by atoms with Crippen molar-refractivity contribution < 1.29 is 9.53 Å². The first-order valence-electron chi connectivity index (χ1n) is 9.95. The fourth-order valence-electron chi connectivity index (χ4n) is 4.04. The third-order valence-electron chi connectivity index (χ3n) is 5.55. The summed E-state index contributed by atoms with van der Waals surface area (Å²) in [4.78, 5) is 13.6. The van der Waals surface area contributed by atoms with Crippen molar-refractivity contribution in [3.05, 3.63) is 46.0 Å². The van der Waals surface area contributed by atoms with Crippen molar-refractivity contribution in [2.75, 3.05) is 13.2 Å². The smallest absolute Gasteiger partial charge is 0.217 e. The maximum absolute atomic E-state index is 11.3. The van der Waals surface area contributed by atoms with Gasteiger partial charge in [-0.25, -0.2) is 4.68 Å². The van der Waals surface area contributed by atoms with Gasteiger partial charge in [0.05, 0.1) is 19.3 Å². The van der Waals surface area contributed by atoms with Gasteiger partial charge in [0.15, 0.2) is 4.77 Å². The zero-order valence-electron chi connectivity index (χ0n) is 16.0. The van der Waals surface area contributed by atoms with E-state index < -0.39 is 0 Å². The van der Waals surface area contributed by atoms with Crippen LogP contribution in [0.5, 0.6) is 0 Å². The van der Waals surface area contributed by atoms with Gasteiger partial charge in [0, 0.05) is 32.5 Å². The molecule has 7 nitrogen and oxygen atoms in total. The van der Waals surface area contributed by atoms with E-state index in [4.69, 9.17) is 27.8 Å². The number of carbonyl (C=O) groups excluding carboxylic acids is 1. The Morgan fingerprint density at radius 1 is 1.32 bits per heavy atom. The molecule has 28 heavy (non-hydrogen) atoms. The van der Waals surface area contributed by atoms with Gasteiger partial charge in [-0.1, -0.05) is 24.3 Å². The van der Waals surface area contributed by atoms with Gasteiger partial charge in [-0.2, -0.15) is 5.10 Å². The molecule has 2 N–H and O–H groups in total. The number of nitrogens with zero attached hydrogens (tertiary/aromatic N) is 4. The van der Waals surface area contributed by atoms with E-state index in [1.807, 2.05) is 9.25 Å². The minimum absolute atomic E-state index is 0.165. The maximum atomic E-state index is 11.3. The monoisotopic (exact) mass is 401 g/mol. The summed E-state index contributed by atoms with van der Waals surface area (Å²) in [6, 6.07) is 8.58. The second-order valence-corrected chi connectivity index (χ2v) is 7.99. The van der Waals surface area contributed by atoms with Crippen LogP contribution in [0, 0.1) is 4.77 Å². The van der Waals surface area contributed by atoms with Crippen LogP contribution in [0.25, 0.3) is 0 Å². The number of nitrogens with two attached hydrogens (primary N) is 1. The number of rotatable bonds is 7. The van der Waals surface area contributed by atoms with E-state index in [9.17, 15) is 4.79 Å². The van der Waals surface area contributed by atoms with Gasteiger partial charge in [0.25, 0.3) is 0 Å². The van der Waals surface area contributed by atoms with Crippen molar-refractivity contribution in [1.82, 2.24) is 19.2 Å². The molecule has 0 radical (unpaired) electrons. The van der Waals surface area contributed by atoms with Crippen LogP contribution < -0.4 is 5.73 Å². The predicted molar refractivity (Wildman–Crippen MR) is 108 cm³/mol. The molecule has 1 atom stereocenters. The molecule has 0 saturated carbocycles. The summed E-state index contributed by atoms with van der Waals surface area (Å²) in [5.74, 6) is 0.494. The molecule has 1 fully saturated rings. The SMILES string of the molecule is NC(=O)CCc1nn(CN2CCc3ccccc3C2)c(=S)n1C[C@@H]1CCCO1. The summed E-state index contributed by atoms with van der Waals surface area (Å²) in [7, 11) is 0. The first-order chi connectivity index (χ1) is 13.6. The summed E-state index contributed by atoms with van der Waals surface area (Å²) >= 11 is 5.74. The molecule has 4 rings (SSSR count). The van der Waals surface area contributed by atoms with Crippen LogP contribution in [-0.2, 0) is 42.1 Å². The topological polar surface area (TPSA) is 78.3 Å². The van der Waals surface area contributed by atoms with Crippen molar-refractivity contribution >= 4 is 18.1 Å². The molecule has 2 aromatic rings. The number of primary amides is 1.